The maximum absolute atomic E-state index is 10.4. The normalized spacial score (nSPS) is 9.00. The van der Waals surface area contributed by atoms with Gasteiger partial charge < -0.3 is 0 Å². The van der Waals surface area contributed by atoms with E-state index in [4.69, 9.17) is 11.6 Å². The maximum Gasteiger partial charge on any atom is 0.252 e. The molecule has 0 N–H and O–H groups in total. The first-order chi connectivity index (χ1) is 4.30. The number of halogens is 1. The molecule has 1 aromatic rings. The van der Waals surface area contributed by atoms with Crippen molar-refractivity contribution in [3.8, 4) is 0 Å². The van der Waals surface area contributed by atoms with Crippen molar-refractivity contribution in [2.75, 3.05) is 0 Å². The molecule has 1 rings (SSSR count). The van der Waals surface area contributed by atoms with Crippen molar-refractivity contribution in [1.82, 2.24) is 0 Å². The highest BCUT2D eigenvalue weighted by atomic mass is 35.5. The van der Waals surface area contributed by atoms with E-state index >= 15 is 0 Å². The molecule has 1 nitrogen and oxygen atoms in total. The zero-order chi connectivity index (χ0) is 6.69. The second kappa shape index (κ2) is 2.65. The molecule has 1 radical (unpaired) electrons. The Morgan fingerprint density at radius 1 is 1.44 bits per heavy atom. The third-order valence-electron chi connectivity index (χ3n) is 0.945. The van der Waals surface area contributed by atoms with E-state index in [1.165, 1.54) is 0 Å². The molecule has 0 spiro atoms. The van der Waals surface area contributed by atoms with E-state index in [2.05, 4.69) is 6.07 Å². The number of rotatable bonds is 1. The Kier molecular flexibility index (Phi) is 1.85. The standard InChI is InChI=1S/C7H4ClO/c8-7(9)6-4-2-1-3-5-6/h2-5H. The lowest BCUT2D eigenvalue weighted by Crippen LogP contribution is -1.84. The van der Waals surface area contributed by atoms with E-state index in [1.54, 1.807) is 24.3 Å². The van der Waals surface area contributed by atoms with Crippen LogP contribution >= 0.6 is 11.6 Å². The zero-order valence-electron chi connectivity index (χ0n) is 4.60. The fourth-order valence-electron chi connectivity index (χ4n) is 0.518. The van der Waals surface area contributed by atoms with Gasteiger partial charge in [0.2, 0.25) is 0 Å². The Hall–Kier alpha value is -0.820. The Labute approximate surface area is 58.3 Å². The Balaban J connectivity index is 2.98. The molecule has 0 heterocycles. The van der Waals surface area contributed by atoms with Crippen LogP contribution in [0.15, 0.2) is 24.3 Å². The summed E-state index contributed by atoms with van der Waals surface area (Å²) < 4.78 is 0. The van der Waals surface area contributed by atoms with Gasteiger partial charge in [-0.15, -0.1) is 0 Å². The fourth-order valence-corrected chi connectivity index (χ4v) is 0.644. The minimum Gasteiger partial charge on any atom is -0.276 e. The molecular formula is C7H4ClO. The summed E-state index contributed by atoms with van der Waals surface area (Å²) in [5, 5.41) is -0.427. The molecule has 0 bridgehead atoms. The highest BCUT2D eigenvalue weighted by Gasteiger charge is 1.96. The number of hydrogen-bond donors (Lipinski definition) is 0. The van der Waals surface area contributed by atoms with Gasteiger partial charge in [-0.25, -0.2) is 0 Å². The first-order valence-corrected chi connectivity index (χ1v) is 2.84. The molecule has 9 heavy (non-hydrogen) atoms. The Morgan fingerprint density at radius 2 is 2.00 bits per heavy atom. The monoisotopic (exact) mass is 139 g/mol. The summed E-state index contributed by atoms with van der Waals surface area (Å²) in [4.78, 5) is 10.4. The van der Waals surface area contributed by atoms with E-state index in [1.807, 2.05) is 0 Å². The molecule has 0 aromatic heterocycles. The van der Waals surface area contributed by atoms with Crippen LogP contribution in [0, 0.1) is 6.07 Å². The van der Waals surface area contributed by atoms with Crippen molar-refractivity contribution in [1.29, 1.82) is 0 Å². The molecule has 45 valence electrons. The quantitative estimate of drug-likeness (QED) is 0.543. The van der Waals surface area contributed by atoms with Gasteiger partial charge in [-0.3, -0.25) is 4.79 Å². The summed E-state index contributed by atoms with van der Waals surface area (Å²) in [6.45, 7) is 0. The molecule has 0 atom stereocenters. The number of benzene rings is 1. The van der Waals surface area contributed by atoms with Gasteiger partial charge >= 0.3 is 0 Å². The predicted octanol–water partition coefficient (Wildman–Crippen LogP) is 1.87. The minimum atomic E-state index is -0.427. The van der Waals surface area contributed by atoms with Crippen LogP contribution in [0.2, 0.25) is 0 Å². The third-order valence-corrected chi connectivity index (χ3v) is 1.16. The molecule has 2 heteroatoms. The lowest BCUT2D eigenvalue weighted by Gasteiger charge is -1.87. The van der Waals surface area contributed by atoms with Crippen LogP contribution in [0.5, 0.6) is 0 Å². The summed E-state index contributed by atoms with van der Waals surface area (Å²) in [6.07, 6.45) is 0. The van der Waals surface area contributed by atoms with Gasteiger partial charge in [-0.1, -0.05) is 12.1 Å². The summed E-state index contributed by atoms with van der Waals surface area (Å²) in [5.41, 5.74) is 0.510. The van der Waals surface area contributed by atoms with Crippen molar-refractivity contribution in [2.45, 2.75) is 0 Å². The average Bonchev–Trinajstić information content (AvgIpc) is 1.90. The van der Waals surface area contributed by atoms with Crippen LogP contribution in [0.4, 0.5) is 0 Å². The van der Waals surface area contributed by atoms with Crippen molar-refractivity contribution in [3.05, 3.63) is 35.9 Å². The van der Waals surface area contributed by atoms with Gasteiger partial charge in [0, 0.05) is 5.56 Å². The Bertz CT molecular complexity index is 205. The molecule has 0 saturated heterocycles. The molecule has 1 aromatic carbocycles. The zero-order valence-corrected chi connectivity index (χ0v) is 5.35. The Morgan fingerprint density at radius 3 is 2.33 bits per heavy atom. The number of carbonyl (C=O) groups excluding carboxylic acids is 1. The van der Waals surface area contributed by atoms with E-state index < -0.39 is 5.24 Å². The average molecular weight is 140 g/mol. The number of hydrogen-bond acceptors (Lipinski definition) is 1. The lowest BCUT2D eigenvalue weighted by atomic mass is 10.2. The van der Waals surface area contributed by atoms with Crippen LogP contribution < -0.4 is 0 Å². The minimum absolute atomic E-state index is 0.427. The van der Waals surface area contributed by atoms with Crippen LogP contribution in [0.1, 0.15) is 10.4 Å². The largest absolute Gasteiger partial charge is 0.276 e. The molecule has 0 aliphatic carbocycles. The second-order valence-electron chi connectivity index (χ2n) is 1.56. The highest BCUT2D eigenvalue weighted by Crippen LogP contribution is 2.00. The smallest absolute Gasteiger partial charge is 0.252 e. The van der Waals surface area contributed by atoms with E-state index in [0.29, 0.717) is 5.56 Å². The fraction of sp³-hybridized carbons (Fsp3) is 0. The van der Waals surface area contributed by atoms with E-state index in [0.717, 1.165) is 0 Å². The van der Waals surface area contributed by atoms with Crippen molar-refractivity contribution < 1.29 is 4.79 Å². The first kappa shape index (κ1) is 6.30. The second-order valence-corrected chi connectivity index (χ2v) is 1.91. The van der Waals surface area contributed by atoms with Crippen LogP contribution in [-0.2, 0) is 0 Å². The van der Waals surface area contributed by atoms with Crippen LogP contribution in [0.25, 0.3) is 0 Å². The molecule has 0 aliphatic rings. The SMILES string of the molecule is O=C(Cl)c1cc[c]cc1. The van der Waals surface area contributed by atoms with E-state index in [-0.39, 0.29) is 0 Å². The lowest BCUT2D eigenvalue weighted by molar-refractivity contribution is 0.108. The van der Waals surface area contributed by atoms with Gasteiger partial charge in [0.05, 0.1) is 0 Å². The van der Waals surface area contributed by atoms with Crippen LogP contribution in [-0.4, -0.2) is 5.24 Å². The van der Waals surface area contributed by atoms with Gasteiger partial charge in [0.1, 0.15) is 0 Å². The summed E-state index contributed by atoms with van der Waals surface area (Å²) in [6, 6.07) is 9.31. The first-order valence-electron chi connectivity index (χ1n) is 2.46. The highest BCUT2D eigenvalue weighted by molar-refractivity contribution is 6.67. The number of carbonyl (C=O) groups is 1. The van der Waals surface area contributed by atoms with Gasteiger partial charge in [-0.2, -0.15) is 0 Å². The van der Waals surface area contributed by atoms with Gasteiger partial charge in [0.25, 0.3) is 5.24 Å². The molecule has 0 saturated carbocycles. The molecule has 0 fully saturated rings. The van der Waals surface area contributed by atoms with Gasteiger partial charge in [0.15, 0.2) is 0 Å². The topological polar surface area (TPSA) is 17.1 Å². The molecular weight excluding hydrogens is 136 g/mol. The van der Waals surface area contributed by atoms with Crippen molar-refractivity contribution in [2.24, 2.45) is 0 Å². The molecule has 0 aliphatic heterocycles. The van der Waals surface area contributed by atoms with Crippen molar-refractivity contribution >= 4 is 16.8 Å². The van der Waals surface area contributed by atoms with Crippen molar-refractivity contribution in [3.63, 3.8) is 0 Å². The maximum atomic E-state index is 10.4. The van der Waals surface area contributed by atoms with E-state index in [9.17, 15) is 4.79 Å². The summed E-state index contributed by atoms with van der Waals surface area (Å²) in [5.74, 6) is 0. The molecule has 0 amide bonds. The summed E-state index contributed by atoms with van der Waals surface area (Å²) in [7, 11) is 0. The third kappa shape index (κ3) is 1.54. The van der Waals surface area contributed by atoms with Gasteiger partial charge in [-0.05, 0) is 29.8 Å². The molecule has 0 unspecified atom stereocenters. The predicted molar refractivity (Wildman–Crippen MR) is 35.5 cm³/mol. The van der Waals surface area contributed by atoms with Crippen LogP contribution in [0.3, 0.4) is 0 Å². The summed E-state index contributed by atoms with van der Waals surface area (Å²) >= 11 is 5.15.